The standard InChI is InChI=1S/C37H38N4O5S/c1-2-46-37(43)28-20-23-41(24-21-28)22-19-26-13-15-29(16-14-26)38-35(27-9-5-3-6-10-27)34-32-25-31(17-18-33(32)39-36(34)42)47(44,45)40-30-11-7-4-8-12-30/h3-18,25,28,39-40,42H,2,19-24H2,1H3. The van der Waals surface area contributed by atoms with Gasteiger partial charge < -0.3 is 19.7 Å². The molecule has 2 heterocycles. The van der Waals surface area contributed by atoms with E-state index in [9.17, 15) is 18.3 Å². The molecular weight excluding hydrogens is 612 g/mol. The van der Waals surface area contributed by atoms with Gasteiger partial charge in [-0.2, -0.15) is 0 Å². The number of nitrogens with zero attached hydrogens (tertiary/aromatic N) is 2. The molecule has 5 aromatic rings. The highest BCUT2D eigenvalue weighted by Crippen LogP contribution is 2.33. The van der Waals surface area contributed by atoms with Gasteiger partial charge in [-0.05, 0) is 87.3 Å². The first kappa shape index (κ1) is 32.0. The summed E-state index contributed by atoms with van der Waals surface area (Å²) in [5, 5.41) is 11.7. The Morgan fingerprint density at radius 1 is 0.957 bits per heavy atom. The molecule has 0 saturated carbocycles. The number of esters is 1. The predicted molar refractivity (Wildman–Crippen MR) is 185 cm³/mol. The Morgan fingerprint density at radius 3 is 2.32 bits per heavy atom. The number of aromatic nitrogens is 1. The van der Waals surface area contributed by atoms with E-state index in [-0.39, 0.29) is 22.7 Å². The summed E-state index contributed by atoms with van der Waals surface area (Å²) >= 11 is 0. The van der Waals surface area contributed by atoms with E-state index in [4.69, 9.17) is 9.73 Å². The second-order valence-corrected chi connectivity index (χ2v) is 13.3. The normalized spacial score (nSPS) is 14.7. The number of anilines is 1. The van der Waals surface area contributed by atoms with Gasteiger partial charge in [0.25, 0.3) is 10.0 Å². The van der Waals surface area contributed by atoms with Crippen molar-refractivity contribution in [3.63, 3.8) is 0 Å². The van der Waals surface area contributed by atoms with Crippen LogP contribution >= 0.6 is 0 Å². The first-order valence-corrected chi connectivity index (χ1v) is 17.3. The van der Waals surface area contributed by atoms with E-state index < -0.39 is 10.0 Å². The Bertz CT molecular complexity index is 1970. The molecule has 0 spiro atoms. The van der Waals surface area contributed by atoms with Crippen molar-refractivity contribution in [2.24, 2.45) is 10.9 Å². The molecule has 0 bridgehead atoms. The van der Waals surface area contributed by atoms with Crippen molar-refractivity contribution in [3.8, 4) is 5.88 Å². The Morgan fingerprint density at radius 2 is 1.64 bits per heavy atom. The zero-order valence-electron chi connectivity index (χ0n) is 26.2. The van der Waals surface area contributed by atoms with E-state index in [1.165, 1.54) is 11.6 Å². The van der Waals surface area contributed by atoms with Crippen molar-refractivity contribution < 1.29 is 23.1 Å². The molecule has 10 heteroatoms. The molecule has 47 heavy (non-hydrogen) atoms. The Hall–Kier alpha value is -4.93. The lowest BCUT2D eigenvalue weighted by atomic mass is 9.96. The summed E-state index contributed by atoms with van der Waals surface area (Å²) in [6, 6.07) is 31.0. The number of aromatic hydroxyl groups is 1. The highest BCUT2D eigenvalue weighted by atomic mass is 32.2. The van der Waals surface area contributed by atoms with Gasteiger partial charge in [0.05, 0.1) is 34.4 Å². The summed E-state index contributed by atoms with van der Waals surface area (Å²) in [5.74, 6) is -0.179. The maximum absolute atomic E-state index is 13.3. The summed E-state index contributed by atoms with van der Waals surface area (Å²) in [6.45, 7) is 4.93. The first-order chi connectivity index (χ1) is 22.8. The number of benzene rings is 4. The van der Waals surface area contributed by atoms with Crippen LogP contribution in [0.15, 0.2) is 113 Å². The third-order valence-electron chi connectivity index (χ3n) is 8.47. The van der Waals surface area contributed by atoms with E-state index in [0.29, 0.717) is 40.2 Å². The SMILES string of the molecule is CCOC(=O)C1CCN(CCc2ccc(N=C(c3ccccc3)c3c(O)[nH]c4ccc(S(=O)(=O)Nc5ccccc5)cc34)cc2)CC1. The fourth-order valence-corrected chi connectivity index (χ4v) is 7.04. The average molecular weight is 651 g/mol. The second kappa shape index (κ2) is 14.2. The van der Waals surface area contributed by atoms with Crippen molar-refractivity contribution in [3.05, 3.63) is 120 Å². The number of H-pyrrole nitrogens is 1. The van der Waals surface area contributed by atoms with Crippen LogP contribution in [0.3, 0.4) is 0 Å². The van der Waals surface area contributed by atoms with Gasteiger partial charge in [-0.3, -0.25) is 9.52 Å². The minimum Gasteiger partial charge on any atom is -0.494 e. The molecule has 6 rings (SSSR count). The van der Waals surface area contributed by atoms with Crippen LogP contribution in [0.4, 0.5) is 11.4 Å². The maximum Gasteiger partial charge on any atom is 0.309 e. The van der Waals surface area contributed by atoms with Gasteiger partial charge in [-0.15, -0.1) is 0 Å². The molecule has 4 aromatic carbocycles. The number of piperidine rings is 1. The molecule has 1 saturated heterocycles. The molecule has 242 valence electrons. The van der Waals surface area contributed by atoms with Crippen molar-refractivity contribution >= 4 is 44.0 Å². The number of rotatable bonds is 11. The zero-order valence-corrected chi connectivity index (χ0v) is 27.0. The number of aliphatic imine (C=N–C) groups is 1. The van der Waals surface area contributed by atoms with Crippen LogP contribution in [0.25, 0.3) is 10.9 Å². The summed E-state index contributed by atoms with van der Waals surface area (Å²) in [7, 11) is -3.90. The summed E-state index contributed by atoms with van der Waals surface area (Å²) < 4.78 is 34.4. The predicted octanol–water partition coefficient (Wildman–Crippen LogP) is 6.66. The van der Waals surface area contributed by atoms with Crippen LogP contribution in [0.2, 0.25) is 0 Å². The molecule has 1 aliphatic rings. The lowest BCUT2D eigenvalue weighted by molar-refractivity contribution is -0.149. The molecule has 0 amide bonds. The lowest BCUT2D eigenvalue weighted by Gasteiger charge is -2.30. The topological polar surface area (TPSA) is 124 Å². The number of ether oxygens (including phenoxy) is 1. The van der Waals surface area contributed by atoms with Crippen molar-refractivity contribution in [1.29, 1.82) is 0 Å². The van der Waals surface area contributed by atoms with Crippen LogP contribution in [0, 0.1) is 5.92 Å². The largest absolute Gasteiger partial charge is 0.494 e. The fraction of sp³-hybridized carbons (Fsp3) is 0.243. The van der Waals surface area contributed by atoms with Gasteiger partial charge in [-0.1, -0.05) is 60.7 Å². The quantitative estimate of drug-likeness (QED) is 0.109. The molecule has 3 N–H and O–H groups in total. The number of hydrogen-bond acceptors (Lipinski definition) is 7. The van der Waals surface area contributed by atoms with E-state index in [2.05, 4.69) is 26.7 Å². The number of carbonyl (C=O) groups excluding carboxylic acids is 1. The maximum atomic E-state index is 13.3. The van der Waals surface area contributed by atoms with Crippen LogP contribution in [-0.2, 0) is 26.0 Å². The molecule has 0 radical (unpaired) electrons. The van der Waals surface area contributed by atoms with E-state index in [1.807, 2.05) is 55.5 Å². The van der Waals surface area contributed by atoms with E-state index in [0.717, 1.165) is 44.5 Å². The van der Waals surface area contributed by atoms with Crippen molar-refractivity contribution in [2.75, 3.05) is 31.0 Å². The number of sulfonamides is 1. The van der Waals surface area contributed by atoms with Crippen LogP contribution in [-0.4, -0.2) is 61.3 Å². The molecular formula is C37H38N4O5S. The molecule has 1 aromatic heterocycles. The molecule has 1 fully saturated rings. The Kier molecular flexibility index (Phi) is 9.70. The minimum atomic E-state index is -3.90. The van der Waals surface area contributed by atoms with Gasteiger partial charge in [0, 0.05) is 28.7 Å². The van der Waals surface area contributed by atoms with Gasteiger partial charge >= 0.3 is 5.97 Å². The highest BCUT2D eigenvalue weighted by Gasteiger charge is 2.26. The summed E-state index contributed by atoms with van der Waals surface area (Å²) in [5.41, 5.74) is 4.62. The Labute approximate surface area is 275 Å². The highest BCUT2D eigenvalue weighted by molar-refractivity contribution is 7.92. The fourth-order valence-electron chi connectivity index (χ4n) is 5.95. The summed E-state index contributed by atoms with van der Waals surface area (Å²) in [4.78, 5) is 22.5. The first-order valence-electron chi connectivity index (χ1n) is 15.9. The van der Waals surface area contributed by atoms with E-state index >= 15 is 0 Å². The number of nitrogens with one attached hydrogen (secondary N) is 2. The van der Waals surface area contributed by atoms with Crippen LogP contribution < -0.4 is 4.72 Å². The second-order valence-electron chi connectivity index (χ2n) is 11.6. The van der Waals surface area contributed by atoms with Crippen LogP contribution in [0.5, 0.6) is 5.88 Å². The number of aromatic amines is 1. The summed E-state index contributed by atoms with van der Waals surface area (Å²) in [6.07, 6.45) is 2.52. The molecule has 0 aliphatic carbocycles. The smallest absolute Gasteiger partial charge is 0.309 e. The number of likely N-dealkylation sites (tertiary alicyclic amines) is 1. The number of carbonyl (C=O) groups is 1. The lowest BCUT2D eigenvalue weighted by Crippen LogP contribution is -2.38. The average Bonchev–Trinajstić information content (AvgIpc) is 3.42. The molecule has 1 aliphatic heterocycles. The number of para-hydroxylation sites is 1. The Balaban J connectivity index is 1.25. The monoisotopic (exact) mass is 650 g/mol. The number of hydrogen-bond donors (Lipinski definition) is 3. The van der Waals surface area contributed by atoms with Crippen molar-refractivity contribution in [2.45, 2.75) is 31.1 Å². The van der Waals surface area contributed by atoms with Crippen molar-refractivity contribution in [1.82, 2.24) is 9.88 Å². The number of fused-ring (bicyclic) bond motifs is 1. The minimum absolute atomic E-state index is 0.000635. The third-order valence-corrected chi connectivity index (χ3v) is 9.85. The zero-order chi connectivity index (χ0) is 32.8. The van der Waals surface area contributed by atoms with Gasteiger partial charge in [0.15, 0.2) is 5.88 Å². The molecule has 9 nitrogen and oxygen atoms in total. The van der Waals surface area contributed by atoms with Gasteiger partial charge in [-0.25, -0.2) is 13.4 Å². The molecule has 0 unspecified atom stereocenters. The molecule has 0 atom stereocenters. The third kappa shape index (κ3) is 7.56. The van der Waals surface area contributed by atoms with Gasteiger partial charge in [0.2, 0.25) is 0 Å². The van der Waals surface area contributed by atoms with Crippen LogP contribution in [0.1, 0.15) is 36.5 Å². The van der Waals surface area contributed by atoms with Gasteiger partial charge in [0.1, 0.15) is 0 Å². The van der Waals surface area contributed by atoms with E-state index in [1.54, 1.807) is 36.4 Å².